The molecule has 0 spiro atoms. The number of rotatable bonds is 1. The van der Waals surface area contributed by atoms with E-state index in [1.807, 2.05) is 0 Å². The third-order valence-corrected chi connectivity index (χ3v) is 1.49. The van der Waals surface area contributed by atoms with E-state index in [9.17, 15) is 13.2 Å². The summed E-state index contributed by atoms with van der Waals surface area (Å²) in [6, 6.07) is 1.01. The smallest absolute Gasteiger partial charge is 0.421 e. The molecule has 2 nitrogen and oxygen atoms in total. The summed E-state index contributed by atoms with van der Waals surface area (Å²) in [6.45, 7) is 1.54. The van der Waals surface area contributed by atoms with Gasteiger partial charge in [-0.1, -0.05) is 0 Å². The van der Waals surface area contributed by atoms with Crippen LogP contribution >= 0.6 is 0 Å². The quantitative estimate of drug-likeness (QED) is 0.680. The maximum atomic E-state index is 12.3. The van der Waals surface area contributed by atoms with Crippen LogP contribution in [0.5, 0.6) is 5.88 Å². The molecule has 1 aromatic heterocycles. The normalized spacial score (nSPS) is 11.5. The lowest BCUT2D eigenvalue weighted by Gasteiger charge is -2.10. The summed E-state index contributed by atoms with van der Waals surface area (Å²) in [6.07, 6.45) is -3.08. The van der Waals surface area contributed by atoms with Gasteiger partial charge < -0.3 is 4.74 Å². The zero-order valence-electron chi connectivity index (χ0n) is 7.14. The first-order valence-electron chi connectivity index (χ1n) is 3.53. The number of nitrogens with zero attached hydrogens (tertiary/aromatic N) is 1. The van der Waals surface area contributed by atoms with Gasteiger partial charge in [-0.05, 0) is 18.6 Å². The predicted molar refractivity (Wildman–Crippen MR) is 40.5 cm³/mol. The highest BCUT2D eigenvalue weighted by molar-refractivity contribution is 5.31. The monoisotopic (exact) mass is 191 g/mol. The van der Waals surface area contributed by atoms with E-state index in [-0.39, 0.29) is 0 Å². The SMILES string of the molecule is COc1ncc(C)cc1C(F)(F)F. The highest BCUT2D eigenvalue weighted by atomic mass is 19.4. The van der Waals surface area contributed by atoms with Crippen LogP contribution in [0.1, 0.15) is 11.1 Å². The van der Waals surface area contributed by atoms with E-state index in [0.717, 1.165) is 13.2 Å². The van der Waals surface area contributed by atoms with Gasteiger partial charge >= 0.3 is 6.18 Å². The molecular weight excluding hydrogens is 183 g/mol. The van der Waals surface area contributed by atoms with Gasteiger partial charge in [0.05, 0.1) is 7.11 Å². The standard InChI is InChI=1S/C8H8F3NO/c1-5-3-6(8(9,10)11)7(13-2)12-4-5/h3-4H,1-2H3. The van der Waals surface area contributed by atoms with E-state index in [4.69, 9.17) is 0 Å². The van der Waals surface area contributed by atoms with Crippen molar-refractivity contribution in [3.8, 4) is 5.88 Å². The Morgan fingerprint density at radius 1 is 1.38 bits per heavy atom. The lowest BCUT2D eigenvalue weighted by molar-refractivity contribution is -0.139. The van der Waals surface area contributed by atoms with Crippen LogP contribution in [-0.4, -0.2) is 12.1 Å². The minimum atomic E-state index is -4.41. The zero-order chi connectivity index (χ0) is 10.1. The molecule has 0 saturated carbocycles. The number of ether oxygens (including phenoxy) is 1. The van der Waals surface area contributed by atoms with E-state index in [1.165, 1.54) is 6.20 Å². The van der Waals surface area contributed by atoms with Crippen LogP contribution in [0.2, 0.25) is 0 Å². The number of hydrogen-bond acceptors (Lipinski definition) is 2. The molecule has 13 heavy (non-hydrogen) atoms. The molecule has 1 heterocycles. The van der Waals surface area contributed by atoms with Crippen LogP contribution in [0.25, 0.3) is 0 Å². The molecule has 0 amide bonds. The fraction of sp³-hybridized carbons (Fsp3) is 0.375. The second-order valence-electron chi connectivity index (χ2n) is 2.57. The molecule has 0 saturated heterocycles. The number of halogens is 3. The summed E-state index contributed by atoms with van der Waals surface area (Å²) in [7, 11) is 1.16. The minimum Gasteiger partial charge on any atom is -0.481 e. The summed E-state index contributed by atoms with van der Waals surface area (Å²) in [5, 5.41) is 0. The van der Waals surface area contributed by atoms with Gasteiger partial charge in [0.25, 0.3) is 0 Å². The lowest BCUT2D eigenvalue weighted by Crippen LogP contribution is -2.08. The van der Waals surface area contributed by atoms with E-state index in [0.29, 0.717) is 5.56 Å². The number of pyridine rings is 1. The van der Waals surface area contributed by atoms with E-state index >= 15 is 0 Å². The lowest BCUT2D eigenvalue weighted by atomic mass is 10.2. The maximum absolute atomic E-state index is 12.3. The highest BCUT2D eigenvalue weighted by Crippen LogP contribution is 2.34. The molecule has 0 aliphatic carbocycles. The van der Waals surface area contributed by atoms with Crippen molar-refractivity contribution >= 4 is 0 Å². The van der Waals surface area contributed by atoms with Crippen molar-refractivity contribution in [2.45, 2.75) is 13.1 Å². The van der Waals surface area contributed by atoms with Gasteiger partial charge in [-0.25, -0.2) is 4.98 Å². The van der Waals surface area contributed by atoms with Gasteiger partial charge in [0.15, 0.2) is 0 Å². The number of hydrogen-bond donors (Lipinski definition) is 0. The molecule has 0 radical (unpaired) electrons. The van der Waals surface area contributed by atoms with E-state index < -0.39 is 17.6 Å². The molecule has 0 aromatic carbocycles. The number of aromatic nitrogens is 1. The molecule has 5 heteroatoms. The Morgan fingerprint density at radius 3 is 2.46 bits per heavy atom. The first-order valence-corrected chi connectivity index (χ1v) is 3.53. The molecule has 0 aliphatic rings. The third-order valence-electron chi connectivity index (χ3n) is 1.49. The van der Waals surface area contributed by atoms with Gasteiger partial charge in [-0.2, -0.15) is 13.2 Å². The first kappa shape index (κ1) is 9.83. The van der Waals surface area contributed by atoms with Crippen LogP contribution < -0.4 is 4.74 Å². The molecular formula is C8H8F3NO. The summed E-state index contributed by atoms with van der Waals surface area (Å²) < 4.78 is 41.4. The van der Waals surface area contributed by atoms with Crippen molar-refractivity contribution < 1.29 is 17.9 Å². The van der Waals surface area contributed by atoms with Crippen LogP contribution in [0.4, 0.5) is 13.2 Å². The van der Waals surface area contributed by atoms with Crippen LogP contribution in [0.3, 0.4) is 0 Å². The summed E-state index contributed by atoms with van der Waals surface area (Å²) in [4.78, 5) is 3.52. The first-order chi connectivity index (χ1) is 5.95. The van der Waals surface area contributed by atoms with Crippen molar-refractivity contribution in [2.24, 2.45) is 0 Å². The Kier molecular flexibility index (Phi) is 2.45. The largest absolute Gasteiger partial charge is 0.481 e. The maximum Gasteiger partial charge on any atom is 0.421 e. The van der Waals surface area contributed by atoms with E-state index in [1.54, 1.807) is 6.92 Å². The van der Waals surface area contributed by atoms with Crippen LogP contribution in [0, 0.1) is 6.92 Å². The molecule has 1 rings (SSSR count). The number of methoxy groups -OCH3 is 1. The Hall–Kier alpha value is -1.26. The fourth-order valence-electron chi connectivity index (χ4n) is 0.922. The molecule has 0 bridgehead atoms. The highest BCUT2D eigenvalue weighted by Gasteiger charge is 2.35. The molecule has 0 fully saturated rings. The summed E-state index contributed by atoms with van der Waals surface area (Å²) >= 11 is 0. The van der Waals surface area contributed by atoms with Crippen LogP contribution in [0.15, 0.2) is 12.3 Å². The van der Waals surface area contributed by atoms with Crippen molar-refractivity contribution in [3.63, 3.8) is 0 Å². The molecule has 1 aromatic rings. The molecule has 0 atom stereocenters. The zero-order valence-corrected chi connectivity index (χ0v) is 7.14. The third kappa shape index (κ3) is 2.11. The molecule has 0 unspecified atom stereocenters. The van der Waals surface area contributed by atoms with Gasteiger partial charge in [-0.15, -0.1) is 0 Å². The number of aryl methyl sites for hydroxylation is 1. The fourth-order valence-corrected chi connectivity index (χ4v) is 0.922. The average Bonchev–Trinajstić information content (AvgIpc) is 2.03. The van der Waals surface area contributed by atoms with Crippen LogP contribution in [-0.2, 0) is 6.18 Å². The van der Waals surface area contributed by atoms with Crippen molar-refractivity contribution in [2.75, 3.05) is 7.11 Å². The van der Waals surface area contributed by atoms with Crippen molar-refractivity contribution in [1.82, 2.24) is 4.98 Å². The average molecular weight is 191 g/mol. The van der Waals surface area contributed by atoms with Gasteiger partial charge in [0.1, 0.15) is 5.56 Å². The van der Waals surface area contributed by atoms with Crippen molar-refractivity contribution in [3.05, 3.63) is 23.4 Å². The molecule has 72 valence electrons. The van der Waals surface area contributed by atoms with Gasteiger partial charge in [0, 0.05) is 6.20 Å². The summed E-state index contributed by atoms with van der Waals surface area (Å²) in [5.74, 6) is -0.391. The van der Waals surface area contributed by atoms with Gasteiger partial charge in [0.2, 0.25) is 5.88 Å². The summed E-state index contributed by atoms with van der Waals surface area (Å²) in [5.41, 5.74) is -0.386. The second kappa shape index (κ2) is 3.24. The second-order valence-corrected chi connectivity index (χ2v) is 2.57. The Balaban J connectivity index is 3.24. The minimum absolute atomic E-state index is 0.391. The topological polar surface area (TPSA) is 22.1 Å². The van der Waals surface area contributed by atoms with Crippen molar-refractivity contribution in [1.29, 1.82) is 0 Å². The number of alkyl halides is 3. The molecule has 0 aliphatic heterocycles. The van der Waals surface area contributed by atoms with E-state index in [2.05, 4.69) is 9.72 Å². The Morgan fingerprint density at radius 2 is 2.00 bits per heavy atom. The predicted octanol–water partition coefficient (Wildman–Crippen LogP) is 2.42. The Labute approximate surface area is 73.4 Å². The van der Waals surface area contributed by atoms with Gasteiger partial charge in [-0.3, -0.25) is 0 Å². The molecule has 0 N–H and O–H groups in total. The Bertz CT molecular complexity index is 309.